The number of aliphatic hydroxyl groups is 1. The lowest BCUT2D eigenvalue weighted by Crippen LogP contribution is -2.39. The molecule has 0 aliphatic heterocycles. The quantitative estimate of drug-likeness (QED) is 0.838. The Labute approximate surface area is 121 Å². The van der Waals surface area contributed by atoms with E-state index in [-0.39, 0.29) is 0 Å². The van der Waals surface area contributed by atoms with Crippen molar-refractivity contribution >= 4 is 5.97 Å². The number of carbonyl (C=O) groups excluding carboxylic acids is 1. The summed E-state index contributed by atoms with van der Waals surface area (Å²) >= 11 is 0. The predicted octanol–water partition coefficient (Wildman–Crippen LogP) is 3.41. The van der Waals surface area contributed by atoms with E-state index >= 15 is 0 Å². The average Bonchev–Trinajstić information content (AvgIpc) is 2.49. The van der Waals surface area contributed by atoms with Crippen molar-refractivity contribution in [3.8, 4) is 0 Å². The second-order valence-electron chi connectivity index (χ2n) is 5.65. The number of hydrogen-bond donors (Lipinski definition) is 1. The number of hydrogen-bond acceptors (Lipinski definition) is 3. The highest BCUT2D eigenvalue weighted by Crippen LogP contribution is 2.36. The van der Waals surface area contributed by atoms with Gasteiger partial charge in [-0.1, -0.05) is 62.4 Å². The lowest BCUT2D eigenvalue weighted by molar-refractivity contribution is -0.168. The minimum absolute atomic E-state index is 0.290. The second kappa shape index (κ2) is 6.89. The Bertz CT molecular complexity index is 423. The van der Waals surface area contributed by atoms with Crippen LogP contribution < -0.4 is 0 Å². The van der Waals surface area contributed by atoms with Gasteiger partial charge in [0.05, 0.1) is 6.61 Å². The first kappa shape index (κ1) is 15.0. The number of carbonyl (C=O) groups is 1. The van der Waals surface area contributed by atoms with Gasteiger partial charge < -0.3 is 9.84 Å². The highest BCUT2D eigenvalue weighted by molar-refractivity contribution is 5.81. The van der Waals surface area contributed by atoms with Crippen molar-refractivity contribution in [2.45, 2.75) is 51.0 Å². The summed E-state index contributed by atoms with van der Waals surface area (Å²) in [5.74, 6) is -0.116. The summed E-state index contributed by atoms with van der Waals surface area (Å²) in [6.45, 7) is 2.06. The molecule has 1 aromatic rings. The van der Waals surface area contributed by atoms with E-state index in [1.807, 2.05) is 18.2 Å². The summed E-state index contributed by atoms with van der Waals surface area (Å²) in [5, 5.41) is 11.0. The summed E-state index contributed by atoms with van der Waals surface area (Å²) in [6, 6.07) is 9.19. The molecule has 110 valence electrons. The van der Waals surface area contributed by atoms with Crippen molar-refractivity contribution in [1.29, 1.82) is 0 Å². The fraction of sp³-hybridized carbons (Fsp3) is 0.588. The van der Waals surface area contributed by atoms with Crippen molar-refractivity contribution < 1.29 is 14.6 Å². The first-order valence-corrected chi connectivity index (χ1v) is 7.62. The lowest BCUT2D eigenvalue weighted by atomic mass is 9.78. The monoisotopic (exact) mass is 276 g/mol. The summed E-state index contributed by atoms with van der Waals surface area (Å²) in [7, 11) is 0. The maximum Gasteiger partial charge on any atom is 0.342 e. The molecule has 3 nitrogen and oxygen atoms in total. The van der Waals surface area contributed by atoms with Crippen molar-refractivity contribution in [3.05, 3.63) is 35.9 Å². The zero-order valence-electron chi connectivity index (χ0n) is 12.2. The Kier molecular flexibility index (Phi) is 5.18. The molecule has 0 radical (unpaired) electrons. The van der Waals surface area contributed by atoms with Gasteiger partial charge in [0.25, 0.3) is 0 Å². The molecule has 0 amide bonds. The van der Waals surface area contributed by atoms with E-state index in [0.717, 1.165) is 12.8 Å². The highest BCUT2D eigenvalue weighted by atomic mass is 16.5. The Hall–Kier alpha value is -1.35. The molecule has 0 bridgehead atoms. The van der Waals surface area contributed by atoms with Crippen LogP contribution in [0, 0.1) is 5.92 Å². The molecule has 20 heavy (non-hydrogen) atoms. The van der Waals surface area contributed by atoms with E-state index in [4.69, 9.17) is 4.74 Å². The van der Waals surface area contributed by atoms with Gasteiger partial charge in [-0.2, -0.15) is 0 Å². The molecular weight excluding hydrogens is 252 g/mol. The van der Waals surface area contributed by atoms with Crippen molar-refractivity contribution in [3.63, 3.8) is 0 Å². The van der Waals surface area contributed by atoms with Crippen molar-refractivity contribution in [1.82, 2.24) is 0 Å². The van der Waals surface area contributed by atoms with Crippen LogP contribution in [0.1, 0.15) is 51.0 Å². The summed E-state index contributed by atoms with van der Waals surface area (Å²) in [6.07, 6.45) is 6.30. The van der Waals surface area contributed by atoms with E-state index in [0.29, 0.717) is 24.5 Å². The normalized spacial score (nSPS) is 19.3. The molecule has 1 unspecified atom stereocenters. The summed E-state index contributed by atoms with van der Waals surface area (Å²) in [4.78, 5) is 12.3. The molecule has 2 rings (SSSR count). The minimum Gasteiger partial charge on any atom is -0.464 e. The van der Waals surface area contributed by atoms with Crippen LogP contribution in [0.5, 0.6) is 0 Å². The maximum atomic E-state index is 12.3. The molecule has 0 heterocycles. The molecular formula is C17H24O3. The van der Waals surface area contributed by atoms with Crippen LogP contribution in [0.4, 0.5) is 0 Å². The Balaban J connectivity index is 2.21. The first-order chi connectivity index (χ1) is 9.66. The molecule has 1 fully saturated rings. The van der Waals surface area contributed by atoms with E-state index in [9.17, 15) is 9.90 Å². The van der Waals surface area contributed by atoms with E-state index in [1.165, 1.54) is 19.3 Å². The van der Waals surface area contributed by atoms with Crippen molar-refractivity contribution in [2.75, 3.05) is 6.61 Å². The number of rotatable bonds is 5. The van der Waals surface area contributed by atoms with Gasteiger partial charge in [0, 0.05) is 0 Å². The smallest absolute Gasteiger partial charge is 0.342 e. The Morgan fingerprint density at radius 2 is 1.90 bits per heavy atom. The van der Waals surface area contributed by atoms with Gasteiger partial charge in [-0.3, -0.25) is 0 Å². The van der Waals surface area contributed by atoms with Crippen LogP contribution in [0.3, 0.4) is 0 Å². The van der Waals surface area contributed by atoms with Crippen LogP contribution in [-0.4, -0.2) is 17.7 Å². The van der Waals surface area contributed by atoms with Gasteiger partial charge in [0.1, 0.15) is 0 Å². The zero-order valence-corrected chi connectivity index (χ0v) is 12.2. The molecule has 1 aliphatic rings. The Morgan fingerprint density at radius 3 is 2.50 bits per heavy atom. The molecule has 0 saturated heterocycles. The van der Waals surface area contributed by atoms with Gasteiger partial charge in [-0.15, -0.1) is 0 Å². The SMILES string of the molecule is CCOC(=O)C(O)(CC1CCCCC1)c1ccccc1. The third-order valence-electron chi connectivity index (χ3n) is 4.17. The standard InChI is InChI=1S/C17H24O3/c1-2-20-16(18)17(19,15-11-7-4-8-12-15)13-14-9-5-3-6-10-14/h4,7-8,11-12,14,19H,2-3,5-6,9-10,13H2,1H3. The van der Waals surface area contributed by atoms with E-state index in [2.05, 4.69) is 0 Å². The third kappa shape index (κ3) is 3.40. The van der Waals surface area contributed by atoms with Gasteiger partial charge in [0.15, 0.2) is 5.60 Å². The van der Waals surface area contributed by atoms with Crippen LogP contribution >= 0.6 is 0 Å². The fourth-order valence-corrected chi connectivity index (χ4v) is 3.09. The minimum atomic E-state index is -1.50. The zero-order chi connectivity index (χ0) is 14.4. The second-order valence-corrected chi connectivity index (χ2v) is 5.65. The van der Waals surface area contributed by atoms with Gasteiger partial charge >= 0.3 is 5.97 Å². The molecule has 0 spiro atoms. The molecule has 1 aliphatic carbocycles. The van der Waals surface area contributed by atoms with Crippen LogP contribution in [0.2, 0.25) is 0 Å². The summed E-state index contributed by atoms with van der Waals surface area (Å²) in [5.41, 5.74) is -0.858. The highest BCUT2D eigenvalue weighted by Gasteiger charge is 2.41. The molecule has 1 N–H and O–H groups in total. The molecule has 0 aromatic heterocycles. The van der Waals surface area contributed by atoms with E-state index in [1.54, 1.807) is 19.1 Å². The van der Waals surface area contributed by atoms with Crippen LogP contribution in [0.25, 0.3) is 0 Å². The topological polar surface area (TPSA) is 46.5 Å². The predicted molar refractivity (Wildman–Crippen MR) is 78.2 cm³/mol. The number of ether oxygens (including phenoxy) is 1. The number of esters is 1. The van der Waals surface area contributed by atoms with Crippen LogP contribution in [-0.2, 0) is 15.1 Å². The van der Waals surface area contributed by atoms with Crippen molar-refractivity contribution in [2.24, 2.45) is 5.92 Å². The average molecular weight is 276 g/mol. The molecule has 1 aromatic carbocycles. The molecule has 3 heteroatoms. The third-order valence-corrected chi connectivity index (χ3v) is 4.17. The maximum absolute atomic E-state index is 12.3. The Morgan fingerprint density at radius 1 is 1.25 bits per heavy atom. The molecule has 1 saturated carbocycles. The summed E-state index contributed by atoms with van der Waals surface area (Å²) < 4.78 is 5.11. The largest absolute Gasteiger partial charge is 0.464 e. The first-order valence-electron chi connectivity index (χ1n) is 7.62. The lowest BCUT2D eigenvalue weighted by Gasteiger charge is -2.32. The van der Waals surface area contributed by atoms with Crippen LogP contribution in [0.15, 0.2) is 30.3 Å². The number of benzene rings is 1. The van der Waals surface area contributed by atoms with Gasteiger partial charge in [0.2, 0.25) is 0 Å². The molecule has 1 atom stereocenters. The van der Waals surface area contributed by atoms with E-state index < -0.39 is 11.6 Å². The van der Waals surface area contributed by atoms with Gasteiger partial charge in [-0.25, -0.2) is 4.79 Å². The van der Waals surface area contributed by atoms with Gasteiger partial charge in [-0.05, 0) is 24.8 Å². The fourth-order valence-electron chi connectivity index (χ4n) is 3.09.